The van der Waals surface area contributed by atoms with E-state index in [4.69, 9.17) is 14.2 Å². The van der Waals surface area contributed by atoms with E-state index < -0.39 is 0 Å². The van der Waals surface area contributed by atoms with Crippen LogP contribution in [0.4, 0.5) is 5.69 Å². The Hall–Kier alpha value is -2.69. The number of aryl methyl sites for hydroxylation is 1. The molecule has 0 saturated heterocycles. The van der Waals surface area contributed by atoms with Crippen molar-refractivity contribution in [3.8, 4) is 17.2 Å². The summed E-state index contributed by atoms with van der Waals surface area (Å²) in [7, 11) is 3.13. The van der Waals surface area contributed by atoms with Crippen molar-refractivity contribution < 1.29 is 19.0 Å². The Morgan fingerprint density at radius 1 is 1.09 bits per heavy atom. The van der Waals surface area contributed by atoms with Crippen LogP contribution in [-0.2, 0) is 0 Å². The fraction of sp³-hybridized carbons (Fsp3) is 0.278. The van der Waals surface area contributed by atoms with Crippen molar-refractivity contribution in [2.45, 2.75) is 6.92 Å². The van der Waals surface area contributed by atoms with Gasteiger partial charge in [-0.25, -0.2) is 0 Å². The number of carbonyl (C=O) groups is 1. The summed E-state index contributed by atoms with van der Waals surface area (Å²) in [4.78, 5) is 14.7. The highest BCUT2D eigenvalue weighted by Gasteiger charge is 2.25. The van der Waals surface area contributed by atoms with Gasteiger partial charge in [-0.05, 0) is 36.8 Å². The number of nitrogens with zero attached hydrogens (tertiary/aromatic N) is 1. The van der Waals surface area contributed by atoms with Crippen LogP contribution in [0.2, 0.25) is 0 Å². The van der Waals surface area contributed by atoms with Gasteiger partial charge in [0.2, 0.25) is 0 Å². The normalized spacial score (nSPS) is 13.1. The van der Waals surface area contributed by atoms with Gasteiger partial charge in [0, 0.05) is 11.6 Å². The van der Waals surface area contributed by atoms with Gasteiger partial charge in [-0.3, -0.25) is 4.79 Å². The van der Waals surface area contributed by atoms with Crippen LogP contribution >= 0.6 is 0 Å². The van der Waals surface area contributed by atoms with Crippen LogP contribution in [0.25, 0.3) is 0 Å². The molecule has 1 aliphatic heterocycles. The molecule has 0 bridgehead atoms. The summed E-state index contributed by atoms with van der Waals surface area (Å²) in [6.45, 7) is 2.98. The van der Waals surface area contributed by atoms with Crippen molar-refractivity contribution in [1.29, 1.82) is 0 Å². The van der Waals surface area contributed by atoms with Gasteiger partial charge in [0.05, 0.1) is 26.5 Å². The van der Waals surface area contributed by atoms with Gasteiger partial charge < -0.3 is 19.1 Å². The first-order valence-electron chi connectivity index (χ1n) is 7.41. The molecule has 1 heterocycles. The van der Waals surface area contributed by atoms with E-state index in [2.05, 4.69) is 0 Å². The number of hydrogen-bond acceptors (Lipinski definition) is 4. The highest BCUT2D eigenvalue weighted by molar-refractivity contribution is 6.07. The van der Waals surface area contributed by atoms with Crippen LogP contribution in [0.15, 0.2) is 36.4 Å². The van der Waals surface area contributed by atoms with E-state index in [1.54, 1.807) is 37.3 Å². The van der Waals surface area contributed by atoms with Gasteiger partial charge in [-0.15, -0.1) is 0 Å². The molecule has 0 saturated carbocycles. The molecule has 0 aromatic heterocycles. The molecule has 0 radical (unpaired) electrons. The smallest absolute Gasteiger partial charge is 0.258 e. The minimum atomic E-state index is -0.0997. The SMILES string of the molecule is COc1cc(OC)cc(C(=O)N2CCOc3ccc(C)cc32)c1. The van der Waals surface area contributed by atoms with Crippen LogP contribution in [0.5, 0.6) is 17.2 Å². The predicted molar refractivity (Wildman–Crippen MR) is 87.9 cm³/mol. The van der Waals surface area contributed by atoms with Gasteiger partial charge >= 0.3 is 0 Å². The first-order chi connectivity index (χ1) is 11.1. The second-order valence-corrected chi connectivity index (χ2v) is 5.38. The fourth-order valence-corrected chi connectivity index (χ4v) is 2.63. The number of fused-ring (bicyclic) bond motifs is 1. The molecule has 0 N–H and O–H groups in total. The molecule has 1 amide bonds. The molecule has 120 valence electrons. The Kier molecular flexibility index (Phi) is 4.10. The zero-order valence-corrected chi connectivity index (χ0v) is 13.5. The molecule has 2 aromatic rings. The summed E-state index contributed by atoms with van der Waals surface area (Å²) < 4.78 is 16.1. The van der Waals surface area contributed by atoms with Gasteiger partial charge in [0.1, 0.15) is 23.9 Å². The summed E-state index contributed by atoms with van der Waals surface area (Å²) in [5, 5.41) is 0. The lowest BCUT2D eigenvalue weighted by atomic mass is 10.1. The lowest BCUT2D eigenvalue weighted by Crippen LogP contribution is -2.38. The Labute approximate surface area is 135 Å². The summed E-state index contributed by atoms with van der Waals surface area (Å²) >= 11 is 0. The third-order valence-corrected chi connectivity index (χ3v) is 3.82. The Bertz CT molecular complexity index is 720. The molecule has 5 heteroatoms. The maximum absolute atomic E-state index is 13.0. The Morgan fingerprint density at radius 2 is 1.78 bits per heavy atom. The molecule has 1 aliphatic rings. The fourth-order valence-electron chi connectivity index (χ4n) is 2.63. The first kappa shape index (κ1) is 15.2. The number of methoxy groups -OCH3 is 2. The van der Waals surface area contributed by atoms with Crippen LogP contribution < -0.4 is 19.1 Å². The van der Waals surface area contributed by atoms with Crippen molar-refractivity contribution in [3.63, 3.8) is 0 Å². The number of ether oxygens (including phenoxy) is 3. The standard InChI is InChI=1S/C18H19NO4/c1-12-4-5-17-16(8-12)19(6-7-23-17)18(20)13-9-14(21-2)11-15(10-13)22-3/h4-5,8-11H,6-7H2,1-3H3. The van der Waals surface area contributed by atoms with Crippen LogP contribution in [0.3, 0.4) is 0 Å². The van der Waals surface area contributed by atoms with Gasteiger partial charge in [-0.2, -0.15) is 0 Å². The predicted octanol–water partition coefficient (Wildman–Crippen LogP) is 3.05. The molecule has 0 spiro atoms. The first-order valence-corrected chi connectivity index (χ1v) is 7.41. The molecule has 0 fully saturated rings. The molecule has 5 nitrogen and oxygen atoms in total. The molecule has 0 aliphatic carbocycles. The lowest BCUT2D eigenvalue weighted by Gasteiger charge is -2.30. The van der Waals surface area contributed by atoms with Crippen molar-refractivity contribution in [3.05, 3.63) is 47.5 Å². The van der Waals surface area contributed by atoms with E-state index in [9.17, 15) is 4.79 Å². The lowest BCUT2D eigenvalue weighted by molar-refractivity contribution is 0.0976. The zero-order valence-electron chi connectivity index (χ0n) is 13.5. The monoisotopic (exact) mass is 313 g/mol. The Balaban J connectivity index is 2.00. The van der Waals surface area contributed by atoms with Crippen LogP contribution in [0, 0.1) is 6.92 Å². The Morgan fingerprint density at radius 3 is 2.43 bits per heavy atom. The minimum absolute atomic E-state index is 0.0997. The second-order valence-electron chi connectivity index (χ2n) is 5.38. The third kappa shape index (κ3) is 2.95. The molecule has 3 rings (SSSR count). The van der Waals surface area contributed by atoms with Crippen molar-refractivity contribution in [2.24, 2.45) is 0 Å². The highest BCUT2D eigenvalue weighted by Crippen LogP contribution is 2.34. The summed E-state index contributed by atoms with van der Waals surface area (Å²) in [6.07, 6.45) is 0. The van der Waals surface area contributed by atoms with Gasteiger partial charge in [-0.1, -0.05) is 6.07 Å². The number of rotatable bonds is 3. The zero-order chi connectivity index (χ0) is 16.4. The second kappa shape index (κ2) is 6.20. The largest absolute Gasteiger partial charge is 0.497 e. The van der Waals surface area contributed by atoms with Crippen molar-refractivity contribution >= 4 is 11.6 Å². The van der Waals surface area contributed by atoms with Crippen molar-refractivity contribution in [1.82, 2.24) is 0 Å². The van der Waals surface area contributed by atoms with E-state index in [0.717, 1.165) is 17.0 Å². The number of amides is 1. The van der Waals surface area contributed by atoms with Gasteiger partial charge in [0.25, 0.3) is 5.91 Å². The molecule has 23 heavy (non-hydrogen) atoms. The topological polar surface area (TPSA) is 48.0 Å². The highest BCUT2D eigenvalue weighted by atomic mass is 16.5. The summed E-state index contributed by atoms with van der Waals surface area (Å²) in [6, 6.07) is 11.0. The van der Waals surface area contributed by atoms with Crippen molar-refractivity contribution in [2.75, 3.05) is 32.3 Å². The third-order valence-electron chi connectivity index (χ3n) is 3.82. The van der Waals surface area contributed by atoms with Gasteiger partial charge in [0.15, 0.2) is 0 Å². The van der Waals surface area contributed by atoms with E-state index in [1.807, 2.05) is 25.1 Å². The van der Waals surface area contributed by atoms with E-state index in [0.29, 0.717) is 30.2 Å². The van der Waals surface area contributed by atoms with Crippen LogP contribution in [-0.4, -0.2) is 33.3 Å². The molecule has 2 aromatic carbocycles. The quantitative estimate of drug-likeness (QED) is 0.874. The average molecular weight is 313 g/mol. The van der Waals surface area contributed by atoms with E-state index in [-0.39, 0.29) is 5.91 Å². The molecule has 0 unspecified atom stereocenters. The molecular weight excluding hydrogens is 294 g/mol. The van der Waals surface area contributed by atoms with E-state index >= 15 is 0 Å². The molecular formula is C18H19NO4. The molecule has 0 atom stereocenters. The number of carbonyl (C=O) groups excluding carboxylic acids is 1. The van der Waals surface area contributed by atoms with E-state index in [1.165, 1.54) is 0 Å². The number of hydrogen-bond donors (Lipinski definition) is 0. The van der Waals surface area contributed by atoms with Crippen LogP contribution in [0.1, 0.15) is 15.9 Å². The number of anilines is 1. The minimum Gasteiger partial charge on any atom is -0.497 e. The number of benzene rings is 2. The summed E-state index contributed by atoms with van der Waals surface area (Å²) in [5.41, 5.74) is 2.40. The average Bonchev–Trinajstić information content (AvgIpc) is 2.60. The maximum Gasteiger partial charge on any atom is 0.258 e. The maximum atomic E-state index is 13.0. The summed E-state index contributed by atoms with van der Waals surface area (Å²) in [5.74, 6) is 1.80.